The molecule has 10 heteroatoms. The summed E-state index contributed by atoms with van der Waals surface area (Å²) in [6.07, 6.45) is 0.342. The van der Waals surface area contributed by atoms with E-state index in [1.54, 1.807) is 43.4 Å². The normalized spacial score (nSPS) is 12.0. The Balaban J connectivity index is 1.91. The first kappa shape index (κ1) is 22.7. The molecule has 0 aliphatic heterocycles. The average molecular weight is 459 g/mol. The molecule has 0 spiro atoms. The predicted octanol–water partition coefficient (Wildman–Crippen LogP) is 3.84. The second-order valence-corrected chi connectivity index (χ2v) is 9.40. The smallest absolute Gasteiger partial charge is 0.340 e. The van der Waals surface area contributed by atoms with Crippen molar-refractivity contribution < 1.29 is 19.1 Å². The zero-order valence-corrected chi connectivity index (χ0v) is 19.1. The number of rotatable bonds is 6. The van der Waals surface area contributed by atoms with Crippen LogP contribution in [0.5, 0.6) is 0 Å². The van der Waals surface area contributed by atoms with E-state index in [-0.39, 0.29) is 5.92 Å². The van der Waals surface area contributed by atoms with Gasteiger partial charge in [-0.3, -0.25) is 10.1 Å². The van der Waals surface area contributed by atoms with Crippen molar-refractivity contribution in [2.45, 2.75) is 43.7 Å². The second kappa shape index (κ2) is 9.44. The highest BCUT2D eigenvalue weighted by molar-refractivity contribution is 7.99. The molecular formula is C21H22N4O4S2. The lowest BCUT2D eigenvalue weighted by atomic mass is 10.1. The molecule has 1 atom stereocenters. The van der Waals surface area contributed by atoms with Crippen LogP contribution >= 0.6 is 23.1 Å². The number of esters is 1. The topological polar surface area (TPSA) is 124 Å². The zero-order chi connectivity index (χ0) is 22.7. The molecule has 0 radical (unpaired) electrons. The van der Waals surface area contributed by atoms with Crippen LogP contribution < -0.4 is 11.1 Å². The van der Waals surface area contributed by atoms with Crippen LogP contribution in [0.3, 0.4) is 0 Å². The van der Waals surface area contributed by atoms with Gasteiger partial charge in [-0.05, 0) is 37.5 Å². The Morgan fingerprint density at radius 3 is 2.55 bits per heavy atom. The summed E-state index contributed by atoms with van der Waals surface area (Å²) in [5.74, 6) is -1.80. The summed E-state index contributed by atoms with van der Waals surface area (Å²) < 4.78 is 5.45. The van der Waals surface area contributed by atoms with E-state index in [1.165, 1.54) is 18.1 Å². The number of nitrogens with two attached hydrogens (primary N) is 1. The van der Waals surface area contributed by atoms with Gasteiger partial charge in [0.2, 0.25) is 0 Å². The van der Waals surface area contributed by atoms with Crippen molar-refractivity contribution in [3.63, 3.8) is 0 Å². The number of hydrogen-bond acceptors (Lipinski definition) is 8. The summed E-state index contributed by atoms with van der Waals surface area (Å²) >= 11 is 2.93. The molecule has 2 heterocycles. The van der Waals surface area contributed by atoms with Gasteiger partial charge >= 0.3 is 12.0 Å². The monoisotopic (exact) mass is 458 g/mol. The molecule has 3 rings (SSSR count). The minimum atomic E-state index is -1.16. The first-order chi connectivity index (χ1) is 14.7. The molecule has 3 amide bonds. The maximum Gasteiger partial charge on any atom is 0.340 e. The van der Waals surface area contributed by atoms with Gasteiger partial charge in [-0.15, -0.1) is 11.3 Å². The Labute approximate surface area is 187 Å². The number of aryl methyl sites for hydroxylation is 2. The third kappa shape index (κ3) is 5.02. The molecular weight excluding hydrogens is 436 g/mol. The molecule has 0 aliphatic carbocycles. The van der Waals surface area contributed by atoms with E-state index in [9.17, 15) is 14.4 Å². The van der Waals surface area contributed by atoms with E-state index < -0.39 is 24.0 Å². The quantitative estimate of drug-likeness (QED) is 0.425. The van der Waals surface area contributed by atoms with Crippen molar-refractivity contribution in [1.29, 1.82) is 0 Å². The Morgan fingerprint density at radius 1 is 1.16 bits per heavy atom. The van der Waals surface area contributed by atoms with Crippen LogP contribution in [0.4, 0.5) is 4.79 Å². The van der Waals surface area contributed by atoms with E-state index in [2.05, 4.69) is 9.97 Å². The highest BCUT2D eigenvalue weighted by Gasteiger charge is 2.29. The molecule has 31 heavy (non-hydrogen) atoms. The van der Waals surface area contributed by atoms with Crippen LogP contribution in [-0.4, -0.2) is 34.0 Å². The number of primary amides is 1. The third-order valence-electron chi connectivity index (χ3n) is 4.59. The van der Waals surface area contributed by atoms with E-state index in [0.29, 0.717) is 10.5 Å². The number of benzene rings is 1. The highest BCUT2D eigenvalue weighted by atomic mass is 32.2. The fourth-order valence-corrected chi connectivity index (χ4v) is 5.05. The largest absolute Gasteiger partial charge is 0.448 e. The minimum absolute atomic E-state index is 0.293. The summed E-state index contributed by atoms with van der Waals surface area (Å²) in [5, 5.41) is 3.66. The van der Waals surface area contributed by atoms with Crippen molar-refractivity contribution in [3.8, 4) is 0 Å². The highest BCUT2D eigenvalue weighted by Crippen LogP contribution is 2.38. The van der Waals surface area contributed by atoms with E-state index in [0.717, 1.165) is 25.7 Å². The fraction of sp³-hybridized carbons (Fsp3) is 0.286. The molecule has 0 bridgehead atoms. The van der Waals surface area contributed by atoms with Gasteiger partial charge in [0.25, 0.3) is 5.91 Å². The van der Waals surface area contributed by atoms with Gasteiger partial charge in [0, 0.05) is 15.2 Å². The van der Waals surface area contributed by atoms with Crippen LogP contribution in [0.15, 0.2) is 40.5 Å². The van der Waals surface area contributed by atoms with Crippen LogP contribution in [0, 0.1) is 19.8 Å². The first-order valence-electron chi connectivity index (χ1n) is 9.48. The third-order valence-corrected chi connectivity index (χ3v) is 6.78. The van der Waals surface area contributed by atoms with Crippen LogP contribution in [0.2, 0.25) is 0 Å². The molecule has 162 valence electrons. The average Bonchev–Trinajstić information content (AvgIpc) is 3.00. The Morgan fingerprint density at radius 2 is 1.87 bits per heavy atom. The van der Waals surface area contributed by atoms with Gasteiger partial charge in [0.1, 0.15) is 16.2 Å². The number of carbonyl (C=O) groups excluding carboxylic acids is 3. The molecule has 2 aromatic heterocycles. The molecule has 1 unspecified atom stereocenters. The van der Waals surface area contributed by atoms with Crippen LogP contribution in [-0.2, 0) is 9.53 Å². The maximum absolute atomic E-state index is 12.9. The number of urea groups is 1. The molecule has 0 aliphatic rings. The second-order valence-electron chi connectivity index (χ2n) is 7.16. The van der Waals surface area contributed by atoms with Crippen molar-refractivity contribution >= 4 is 51.2 Å². The van der Waals surface area contributed by atoms with Gasteiger partial charge in [0.15, 0.2) is 6.10 Å². The van der Waals surface area contributed by atoms with Gasteiger partial charge < -0.3 is 10.5 Å². The molecule has 3 N–H and O–H groups in total. The number of fused-ring (bicyclic) bond motifs is 1. The molecule has 1 aromatic carbocycles. The number of amides is 3. The number of nitrogens with zero attached hydrogens (tertiary/aromatic N) is 2. The van der Waals surface area contributed by atoms with Crippen LogP contribution in [0.25, 0.3) is 10.2 Å². The van der Waals surface area contributed by atoms with E-state index in [1.807, 2.05) is 25.2 Å². The molecule has 8 nitrogen and oxygen atoms in total. The lowest BCUT2D eigenvalue weighted by Gasteiger charge is -2.20. The van der Waals surface area contributed by atoms with Gasteiger partial charge in [-0.25, -0.2) is 19.6 Å². The number of imide groups is 1. The van der Waals surface area contributed by atoms with Crippen molar-refractivity contribution in [3.05, 3.63) is 46.6 Å². The van der Waals surface area contributed by atoms with E-state index >= 15 is 0 Å². The van der Waals surface area contributed by atoms with Crippen molar-refractivity contribution in [2.24, 2.45) is 11.7 Å². The summed E-state index contributed by atoms with van der Waals surface area (Å²) in [6, 6.07) is 5.93. The Bertz CT molecular complexity index is 1160. The first-order valence-corrected chi connectivity index (χ1v) is 11.1. The number of ether oxygens (including phenoxy) is 1. The van der Waals surface area contributed by atoms with Crippen molar-refractivity contribution in [2.75, 3.05) is 0 Å². The zero-order valence-electron chi connectivity index (χ0n) is 17.5. The summed E-state index contributed by atoms with van der Waals surface area (Å²) in [5.41, 5.74) is 6.41. The summed E-state index contributed by atoms with van der Waals surface area (Å²) in [4.78, 5) is 47.6. The lowest BCUT2D eigenvalue weighted by Crippen LogP contribution is -2.45. The van der Waals surface area contributed by atoms with Gasteiger partial charge in [-0.2, -0.15) is 0 Å². The van der Waals surface area contributed by atoms with E-state index in [4.69, 9.17) is 10.5 Å². The Hall–Kier alpha value is -2.98. The number of hydrogen-bond donors (Lipinski definition) is 2. The minimum Gasteiger partial charge on any atom is -0.448 e. The fourth-order valence-electron chi connectivity index (χ4n) is 2.92. The number of thiophene rings is 1. The summed E-state index contributed by atoms with van der Waals surface area (Å²) in [6.45, 7) is 7.47. The molecule has 0 fully saturated rings. The number of nitrogens with one attached hydrogen (secondary N) is 1. The van der Waals surface area contributed by atoms with Crippen molar-refractivity contribution in [1.82, 2.24) is 15.3 Å². The molecule has 3 aromatic rings. The predicted molar refractivity (Wildman–Crippen MR) is 119 cm³/mol. The SMILES string of the molecule is Cc1sc2ncnc(Sc3ccccc3C(=O)OC(C(=O)NC(N)=O)C(C)C)c2c1C. The number of aromatic nitrogens is 2. The molecule has 0 saturated heterocycles. The lowest BCUT2D eigenvalue weighted by molar-refractivity contribution is -0.130. The standard InChI is InChI=1S/C21H22N4O4S2/c1-10(2)16(17(26)25-21(22)28)29-20(27)13-7-5-6-8-14(13)31-19-15-11(3)12(4)30-18(15)23-9-24-19/h5-10,16H,1-4H3,(H3,22,25,26,28). The van der Waals surface area contributed by atoms with Crippen LogP contribution in [0.1, 0.15) is 34.6 Å². The molecule has 0 saturated carbocycles. The maximum atomic E-state index is 12.9. The Kier molecular flexibility index (Phi) is 6.91. The van der Waals surface area contributed by atoms with Gasteiger partial charge in [0.05, 0.1) is 5.56 Å². The summed E-state index contributed by atoms with van der Waals surface area (Å²) in [7, 11) is 0. The number of carbonyl (C=O) groups is 3. The van der Waals surface area contributed by atoms with Gasteiger partial charge in [-0.1, -0.05) is 37.7 Å².